The summed E-state index contributed by atoms with van der Waals surface area (Å²) in [6.07, 6.45) is 19.9. The summed E-state index contributed by atoms with van der Waals surface area (Å²) in [6.45, 7) is 3.82. The van der Waals surface area contributed by atoms with Crippen molar-refractivity contribution < 1.29 is 4.42 Å². The van der Waals surface area contributed by atoms with Gasteiger partial charge < -0.3 is 9.32 Å². The molecule has 3 aromatic carbocycles. The molecule has 7 rings (SSSR count). The molecule has 0 radical (unpaired) electrons. The fourth-order valence-electron chi connectivity index (χ4n) is 5.84. The van der Waals surface area contributed by atoms with Crippen molar-refractivity contribution in [2.24, 2.45) is 4.99 Å². The summed E-state index contributed by atoms with van der Waals surface area (Å²) >= 11 is 0. The van der Waals surface area contributed by atoms with Crippen molar-refractivity contribution in [1.29, 1.82) is 0 Å². The van der Waals surface area contributed by atoms with Gasteiger partial charge >= 0.3 is 0 Å². The van der Waals surface area contributed by atoms with Crippen LogP contribution in [0.4, 0.5) is 0 Å². The number of hydrogen-bond acceptors (Lipinski definition) is 3. The summed E-state index contributed by atoms with van der Waals surface area (Å²) in [7, 11) is 0. The predicted molar refractivity (Wildman–Crippen MR) is 158 cm³/mol. The second kappa shape index (κ2) is 9.50. The Morgan fingerprint density at radius 3 is 2.66 bits per heavy atom. The van der Waals surface area contributed by atoms with Gasteiger partial charge in [-0.15, -0.1) is 0 Å². The number of furan rings is 1. The van der Waals surface area contributed by atoms with E-state index in [9.17, 15) is 0 Å². The molecule has 1 atom stereocenters. The first-order valence-electron chi connectivity index (χ1n) is 13.5. The molecule has 0 N–H and O–H groups in total. The van der Waals surface area contributed by atoms with Crippen molar-refractivity contribution in [2.75, 3.05) is 6.54 Å². The van der Waals surface area contributed by atoms with Gasteiger partial charge in [0.05, 0.1) is 6.04 Å². The first-order chi connectivity index (χ1) is 18.7. The van der Waals surface area contributed by atoms with Crippen molar-refractivity contribution in [3.8, 4) is 0 Å². The molecule has 3 heteroatoms. The molecule has 4 aromatic rings. The average molecular weight is 495 g/mol. The van der Waals surface area contributed by atoms with Gasteiger partial charge in [-0.2, -0.15) is 0 Å². The zero-order valence-electron chi connectivity index (χ0n) is 21.6. The normalized spacial score (nSPS) is 18.8. The number of benzene rings is 3. The smallest absolute Gasteiger partial charge is 0.141 e. The quantitative estimate of drug-likeness (QED) is 0.278. The Kier molecular flexibility index (Phi) is 5.70. The van der Waals surface area contributed by atoms with Crippen LogP contribution in [0.3, 0.4) is 0 Å². The summed E-state index contributed by atoms with van der Waals surface area (Å²) in [5.74, 6) is 0. The van der Waals surface area contributed by atoms with E-state index < -0.39 is 0 Å². The monoisotopic (exact) mass is 494 g/mol. The first-order valence-corrected chi connectivity index (χ1v) is 13.5. The number of para-hydroxylation sites is 1. The van der Waals surface area contributed by atoms with Gasteiger partial charge in [-0.1, -0.05) is 90.5 Å². The van der Waals surface area contributed by atoms with Crippen LogP contribution in [0.5, 0.6) is 0 Å². The second-order valence-electron chi connectivity index (χ2n) is 10.3. The Morgan fingerprint density at radius 1 is 0.921 bits per heavy atom. The van der Waals surface area contributed by atoms with E-state index in [1.54, 1.807) is 0 Å². The van der Waals surface area contributed by atoms with Crippen molar-refractivity contribution in [3.05, 3.63) is 137 Å². The summed E-state index contributed by atoms with van der Waals surface area (Å²) < 4.78 is 6.55. The van der Waals surface area contributed by atoms with Crippen molar-refractivity contribution in [3.63, 3.8) is 0 Å². The summed E-state index contributed by atoms with van der Waals surface area (Å²) in [5, 5.41) is 2.31. The van der Waals surface area contributed by atoms with Gasteiger partial charge in [0.25, 0.3) is 0 Å². The third kappa shape index (κ3) is 4.05. The number of hydrogen-bond donors (Lipinski definition) is 0. The molecule has 0 spiro atoms. The molecule has 3 heterocycles. The Bertz CT molecular complexity index is 1720. The summed E-state index contributed by atoms with van der Waals surface area (Å²) in [4.78, 5) is 7.51. The van der Waals surface area contributed by atoms with E-state index in [-0.39, 0.29) is 6.04 Å². The highest BCUT2D eigenvalue weighted by Crippen LogP contribution is 2.40. The summed E-state index contributed by atoms with van der Waals surface area (Å²) in [5.41, 5.74) is 10.6. The van der Waals surface area contributed by atoms with Crippen LogP contribution in [0.1, 0.15) is 41.1 Å². The predicted octanol–water partition coefficient (Wildman–Crippen LogP) is 8.64. The van der Waals surface area contributed by atoms with Crippen molar-refractivity contribution in [1.82, 2.24) is 4.90 Å². The lowest BCUT2D eigenvalue weighted by molar-refractivity contribution is 0.371. The second-order valence-corrected chi connectivity index (χ2v) is 10.3. The Balaban J connectivity index is 1.34. The van der Waals surface area contributed by atoms with Crippen LogP contribution in [0.15, 0.2) is 124 Å². The third-order valence-corrected chi connectivity index (χ3v) is 7.83. The zero-order chi connectivity index (χ0) is 25.5. The minimum atomic E-state index is -0.0878. The fraction of sp³-hybridized carbons (Fsp3) is 0.171. The van der Waals surface area contributed by atoms with Gasteiger partial charge in [0.15, 0.2) is 0 Å². The van der Waals surface area contributed by atoms with Crippen LogP contribution in [-0.4, -0.2) is 17.7 Å². The van der Waals surface area contributed by atoms with E-state index in [0.29, 0.717) is 0 Å². The largest absolute Gasteiger partial charge is 0.456 e. The number of allylic oxidation sites excluding steroid dienone is 7. The molecular formula is C35H30N2O. The number of aryl methyl sites for hydroxylation is 1. The number of rotatable bonds is 5. The highest BCUT2D eigenvalue weighted by Gasteiger charge is 2.25. The number of nitrogens with zero attached hydrogens (tertiary/aromatic N) is 2. The average Bonchev–Trinajstić information content (AvgIpc) is 3.59. The SMILES string of the molecule is Cc1ccc(C2=CC(c3c(CN4CC=CC=C4C4=CC=CCC4)ccc4c3oc3ccccc34)N=C2)cc1. The molecule has 1 aromatic heterocycles. The molecule has 3 nitrogen and oxygen atoms in total. The minimum Gasteiger partial charge on any atom is -0.456 e. The molecule has 3 aliphatic rings. The lowest BCUT2D eigenvalue weighted by Gasteiger charge is -2.31. The van der Waals surface area contributed by atoms with Crippen LogP contribution in [-0.2, 0) is 6.54 Å². The maximum absolute atomic E-state index is 6.55. The van der Waals surface area contributed by atoms with Crippen LogP contribution in [0, 0.1) is 6.92 Å². The van der Waals surface area contributed by atoms with Gasteiger partial charge in [0.2, 0.25) is 0 Å². The maximum Gasteiger partial charge on any atom is 0.141 e. The Labute approximate surface area is 223 Å². The standard InChI is InChI=1S/C35H30N2O/c1-24-14-16-25(17-15-24)28-21-31(36-22-28)34-27(18-19-30-29-11-5-6-13-33(29)38-35(30)34)23-37-20-8-7-12-32(37)26-9-3-2-4-10-26/h2-3,5-9,11-19,21-22,31H,4,10,20,23H2,1H3. The van der Waals surface area contributed by atoms with E-state index in [2.05, 4.69) is 109 Å². The molecule has 0 saturated heterocycles. The lowest BCUT2D eigenvalue weighted by atomic mass is 9.94. The molecule has 0 saturated carbocycles. The van der Waals surface area contributed by atoms with E-state index in [1.807, 2.05) is 12.3 Å². The number of fused-ring (bicyclic) bond motifs is 3. The Hall–Kier alpha value is -4.37. The van der Waals surface area contributed by atoms with E-state index in [1.165, 1.54) is 33.5 Å². The molecule has 0 amide bonds. The van der Waals surface area contributed by atoms with Gasteiger partial charge in [-0.3, -0.25) is 4.99 Å². The fourth-order valence-corrected chi connectivity index (χ4v) is 5.84. The Morgan fingerprint density at radius 2 is 1.79 bits per heavy atom. The molecule has 38 heavy (non-hydrogen) atoms. The van der Waals surface area contributed by atoms with E-state index in [0.717, 1.165) is 53.4 Å². The molecule has 1 unspecified atom stereocenters. The maximum atomic E-state index is 6.55. The van der Waals surface area contributed by atoms with E-state index >= 15 is 0 Å². The van der Waals surface area contributed by atoms with Gasteiger partial charge in [0.1, 0.15) is 11.2 Å². The topological polar surface area (TPSA) is 28.7 Å². The molecule has 2 aliphatic heterocycles. The van der Waals surface area contributed by atoms with Crippen molar-refractivity contribution in [2.45, 2.75) is 32.4 Å². The highest BCUT2D eigenvalue weighted by molar-refractivity contribution is 6.12. The van der Waals surface area contributed by atoms with Gasteiger partial charge in [-0.05, 0) is 60.3 Å². The third-order valence-electron chi connectivity index (χ3n) is 7.83. The van der Waals surface area contributed by atoms with Crippen LogP contribution in [0.25, 0.3) is 27.5 Å². The van der Waals surface area contributed by atoms with Gasteiger partial charge in [-0.25, -0.2) is 0 Å². The van der Waals surface area contributed by atoms with E-state index in [4.69, 9.17) is 9.41 Å². The first kappa shape index (κ1) is 22.8. The zero-order valence-corrected chi connectivity index (χ0v) is 21.6. The highest BCUT2D eigenvalue weighted by atomic mass is 16.3. The summed E-state index contributed by atoms with van der Waals surface area (Å²) in [6, 6.07) is 21.5. The van der Waals surface area contributed by atoms with Crippen LogP contribution < -0.4 is 0 Å². The molecule has 0 bridgehead atoms. The van der Waals surface area contributed by atoms with Crippen molar-refractivity contribution >= 4 is 33.7 Å². The van der Waals surface area contributed by atoms with Crippen LogP contribution in [0.2, 0.25) is 0 Å². The molecule has 186 valence electrons. The molecule has 0 fully saturated rings. The lowest BCUT2D eigenvalue weighted by Crippen LogP contribution is -2.26. The van der Waals surface area contributed by atoms with Gasteiger partial charge in [0, 0.05) is 41.3 Å². The number of aliphatic imine (C=N–C) groups is 1. The molecule has 1 aliphatic carbocycles. The minimum absolute atomic E-state index is 0.0878. The van der Waals surface area contributed by atoms with Crippen LogP contribution >= 0.6 is 0 Å². The molecular weight excluding hydrogens is 464 g/mol.